The normalized spacial score (nSPS) is 12.8. The molecule has 7 heteroatoms. The van der Waals surface area contributed by atoms with Crippen molar-refractivity contribution in [3.05, 3.63) is 57.6 Å². The first-order valence-electron chi connectivity index (χ1n) is 10.4. The molecule has 4 nitrogen and oxygen atoms in total. The molecule has 2 rings (SSSR count). The third-order valence-electron chi connectivity index (χ3n) is 4.88. The first-order chi connectivity index (χ1) is 14.6. The lowest BCUT2D eigenvalue weighted by Gasteiger charge is -2.27. The highest BCUT2D eigenvalue weighted by Crippen LogP contribution is 2.40. The van der Waals surface area contributed by atoms with Crippen LogP contribution in [0, 0.1) is 0 Å². The van der Waals surface area contributed by atoms with Crippen LogP contribution in [0.25, 0.3) is 0 Å². The van der Waals surface area contributed by atoms with Crippen LogP contribution in [0.1, 0.15) is 45.2 Å². The van der Waals surface area contributed by atoms with Crippen LogP contribution in [0.3, 0.4) is 0 Å². The van der Waals surface area contributed by atoms with Crippen LogP contribution in [-0.4, -0.2) is 43.0 Å². The van der Waals surface area contributed by atoms with Gasteiger partial charge in [0.05, 0.1) is 29.4 Å². The van der Waals surface area contributed by atoms with Crippen LogP contribution in [-0.2, 0) is 10.2 Å². The molecule has 172 valence electrons. The molecule has 0 heterocycles. The van der Waals surface area contributed by atoms with Crippen molar-refractivity contribution in [2.75, 3.05) is 25.7 Å². The van der Waals surface area contributed by atoms with Crippen molar-refractivity contribution in [3.63, 3.8) is 0 Å². The third kappa shape index (κ3) is 7.73. The average molecular weight is 490 g/mol. The van der Waals surface area contributed by atoms with Crippen molar-refractivity contribution >= 4 is 34.8 Å². The Balaban J connectivity index is 2.08. The van der Waals surface area contributed by atoms with E-state index in [-0.39, 0.29) is 24.7 Å². The number of ether oxygens (including phenoxy) is 3. The minimum Gasteiger partial charge on any atom is -0.491 e. The van der Waals surface area contributed by atoms with Gasteiger partial charge in [0, 0.05) is 11.3 Å². The maximum Gasteiger partial charge on any atom is 0.156 e. The molecule has 0 aliphatic heterocycles. The van der Waals surface area contributed by atoms with Gasteiger partial charge in [0.15, 0.2) is 5.75 Å². The zero-order valence-electron chi connectivity index (χ0n) is 18.5. The Morgan fingerprint density at radius 2 is 1.55 bits per heavy atom. The first-order valence-corrected chi connectivity index (χ1v) is 11.7. The summed E-state index contributed by atoms with van der Waals surface area (Å²) in [5.74, 6) is 1.68. The quantitative estimate of drug-likeness (QED) is 0.273. The number of benzene rings is 2. The summed E-state index contributed by atoms with van der Waals surface area (Å²) in [6.07, 6.45) is 0.120. The van der Waals surface area contributed by atoms with Gasteiger partial charge in [-0.1, -0.05) is 49.2 Å². The minimum atomic E-state index is -0.673. The van der Waals surface area contributed by atoms with Crippen molar-refractivity contribution in [1.29, 1.82) is 0 Å². The van der Waals surface area contributed by atoms with Crippen LogP contribution in [0.5, 0.6) is 11.5 Å². The van der Waals surface area contributed by atoms with Crippen molar-refractivity contribution in [1.82, 2.24) is 0 Å². The smallest absolute Gasteiger partial charge is 0.156 e. The Labute approximate surface area is 200 Å². The van der Waals surface area contributed by atoms with Gasteiger partial charge >= 0.3 is 0 Å². The van der Waals surface area contributed by atoms with E-state index in [2.05, 4.69) is 13.8 Å². The number of aliphatic hydroxyl groups is 1. The summed E-state index contributed by atoms with van der Waals surface area (Å²) in [4.78, 5) is 0. The Morgan fingerprint density at radius 1 is 0.935 bits per heavy atom. The van der Waals surface area contributed by atoms with E-state index in [9.17, 15) is 5.11 Å². The van der Waals surface area contributed by atoms with Gasteiger partial charge < -0.3 is 19.3 Å². The van der Waals surface area contributed by atoms with Crippen LogP contribution in [0.4, 0.5) is 0 Å². The SMILES string of the molecule is CC(C)OCC(O)COc1ccc(C(C)(C)c2cc(Cl)c(OCCCCl)c(Cl)c2)cc1. The Hall–Kier alpha value is -1.17. The van der Waals surface area contributed by atoms with E-state index in [1.807, 2.05) is 50.2 Å². The molecule has 2 aromatic rings. The molecule has 2 aromatic carbocycles. The monoisotopic (exact) mass is 488 g/mol. The number of hydrogen-bond acceptors (Lipinski definition) is 4. The standard InChI is InChI=1S/C24H31Cl3O4/c1-16(2)30-14-19(28)15-31-20-8-6-17(7-9-20)24(3,4)18-12-21(26)23(22(27)13-18)29-11-5-10-25/h6-9,12-13,16,19,28H,5,10-11,14-15H2,1-4H3. The lowest BCUT2D eigenvalue weighted by Crippen LogP contribution is -2.25. The van der Waals surface area contributed by atoms with Gasteiger partial charge in [-0.15, -0.1) is 11.6 Å². The van der Waals surface area contributed by atoms with Crippen molar-refractivity contribution in [3.8, 4) is 11.5 Å². The zero-order chi connectivity index (χ0) is 23.0. The summed E-state index contributed by atoms with van der Waals surface area (Å²) in [7, 11) is 0. The summed E-state index contributed by atoms with van der Waals surface area (Å²) in [6.45, 7) is 8.94. The predicted molar refractivity (Wildman–Crippen MR) is 128 cm³/mol. The molecule has 0 aliphatic carbocycles. The highest BCUT2D eigenvalue weighted by molar-refractivity contribution is 6.37. The lowest BCUT2D eigenvalue weighted by molar-refractivity contribution is -0.0122. The second-order valence-corrected chi connectivity index (χ2v) is 9.35. The third-order valence-corrected chi connectivity index (χ3v) is 5.71. The van der Waals surface area contributed by atoms with E-state index in [0.717, 1.165) is 17.5 Å². The molecule has 1 unspecified atom stereocenters. The Kier molecular flexibility index (Phi) is 10.2. The molecule has 1 N–H and O–H groups in total. The second kappa shape index (κ2) is 12.2. The van der Waals surface area contributed by atoms with Gasteiger partial charge in [0.25, 0.3) is 0 Å². The molecule has 0 saturated carbocycles. The van der Waals surface area contributed by atoms with Crippen LogP contribution in [0.15, 0.2) is 36.4 Å². The summed E-state index contributed by atoms with van der Waals surface area (Å²) in [6, 6.07) is 11.6. The van der Waals surface area contributed by atoms with Crippen molar-refractivity contribution in [2.24, 2.45) is 0 Å². The molecular formula is C24H31Cl3O4. The van der Waals surface area contributed by atoms with E-state index in [1.54, 1.807) is 0 Å². The summed E-state index contributed by atoms with van der Waals surface area (Å²) >= 11 is 18.6. The van der Waals surface area contributed by atoms with Gasteiger partial charge in [-0.3, -0.25) is 0 Å². The fraction of sp³-hybridized carbons (Fsp3) is 0.500. The maximum atomic E-state index is 9.94. The van der Waals surface area contributed by atoms with Crippen molar-refractivity contribution in [2.45, 2.75) is 51.7 Å². The van der Waals surface area contributed by atoms with Gasteiger partial charge in [-0.25, -0.2) is 0 Å². The molecule has 31 heavy (non-hydrogen) atoms. The van der Waals surface area contributed by atoms with Crippen LogP contribution >= 0.6 is 34.8 Å². The van der Waals surface area contributed by atoms with Gasteiger partial charge in [-0.2, -0.15) is 0 Å². The molecular weight excluding hydrogens is 459 g/mol. The average Bonchev–Trinajstić information content (AvgIpc) is 2.72. The number of hydrogen-bond donors (Lipinski definition) is 1. The molecule has 0 aliphatic rings. The van der Waals surface area contributed by atoms with E-state index >= 15 is 0 Å². The van der Waals surface area contributed by atoms with E-state index in [1.165, 1.54) is 0 Å². The fourth-order valence-corrected chi connectivity index (χ4v) is 3.67. The first kappa shape index (κ1) is 26.1. The van der Waals surface area contributed by atoms with E-state index in [0.29, 0.717) is 34.0 Å². The fourth-order valence-electron chi connectivity index (χ4n) is 2.97. The van der Waals surface area contributed by atoms with E-state index in [4.69, 9.17) is 49.0 Å². The molecule has 0 bridgehead atoms. The second-order valence-electron chi connectivity index (χ2n) is 8.16. The van der Waals surface area contributed by atoms with Crippen LogP contribution in [0.2, 0.25) is 10.0 Å². The predicted octanol–water partition coefficient (Wildman–Crippen LogP) is 6.49. The highest BCUT2D eigenvalue weighted by Gasteiger charge is 2.25. The van der Waals surface area contributed by atoms with Crippen molar-refractivity contribution < 1.29 is 19.3 Å². The molecule has 0 radical (unpaired) electrons. The Morgan fingerprint density at radius 3 is 2.10 bits per heavy atom. The number of alkyl halides is 1. The summed E-state index contributed by atoms with van der Waals surface area (Å²) in [5.41, 5.74) is 1.71. The topological polar surface area (TPSA) is 47.9 Å². The molecule has 0 fully saturated rings. The number of rotatable bonds is 12. The van der Waals surface area contributed by atoms with Gasteiger partial charge in [0.2, 0.25) is 0 Å². The molecule has 0 amide bonds. The lowest BCUT2D eigenvalue weighted by atomic mass is 9.78. The summed E-state index contributed by atoms with van der Waals surface area (Å²) < 4.78 is 16.7. The minimum absolute atomic E-state index is 0.0736. The molecule has 1 atom stereocenters. The number of aliphatic hydroxyl groups excluding tert-OH is 1. The largest absolute Gasteiger partial charge is 0.491 e. The Bertz CT molecular complexity index is 799. The molecule has 0 aromatic heterocycles. The highest BCUT2D eigenvalue weighted by atomic mass is 35.5. The van der Waals surface area contributed by atoms with E-state index < -0.39 is 6.10 Å². The molecule has 0 saturated heterocycles. The molecule has 0 spiro atoms. The van der Waals surface area contributed by atoms with Gasteiger partial charge in [0.1, 0.15) is 18.5 Å². The van der Waals surface area contributed by atoms with Gasteiger partial charge in [-0.05, 0) is 55.7 Å². The number of halogens is 3. The maximum absolute atomic E-state index is 9.94. The van der Waals surface area contributed by atoms with Crippen LogP contribution < -0.4 is 9.47 Å². The summed E-state index contributed by atoms with van der Waals surface area (Å²) in [5, 5.41) is 10.9. The zero-order valence-corrected chi connectivity index (χ0v) is 20.7.